The second-order valence-corrected chi connectivity index (χ2v) is 8.83. The van der Waals surface area contributed by atoms with E-state index in [4.69, 9.17) is 4.74 Å². The Hall–Kier alpha value is -4.53. The zero-order chi connectivity index (χ0) is 25.4. The average molecular weight is 488 g/mol. The minimum atomic E-state index is -1.01. The van der Waals surface area contributed by atoms with Gasteiger partial charge in [-0.3, -0.25) is 9.59 Å². The molecule has 5 rings (SSSR count). The molecule has 1 saturated heterocycles. The number of hydrogen-bond acceptors (Lipinski definition) is 6. The fourth-order valence-electron chi connectivity index (χ4n) is 4.70. The lowest BCUT2D eigenvalue weighted by Crippen LogP contribution is -2.48. The minimum Gasteiger partial charge on any atom is -0.504 e. The normalized spacial score (nSPS) is 16.6. The molecule has 0 bridgehead atoms. The molecule has 1 unspecified atom stereocenters. The van der Waals surface area contributed by atoms with Crippen LogP contribution in [0.3, 0.4) is 0 Å². The van der Waals surface area contributed by atoms with Gasteiger partial charge >= 0.3 is 5.97 Å². The van der Waals surface area contributed by atoms with Crippen molar-refractivity contribution in [3.8, 4) is 22.6 Å². The van der Waals surface area contributed by atoms with E-state index >= 15 is 0 Å². The number of methoxy groups -OCH3 is 1. The van der Waals surface area contributed by atoms with Crippen LogP contribution in [0.15, 0.2) is 54.6 Å². The van der Waals surface area contributed by atoms with Gasteiger partial charge in [-0.25, -0.2) is 4.79 Å². The molecule has 1 fully saturated rings. The maximum atomic E-state index is 13.2. The zero-order valence-corrected chi connectivity index (χ0v) is 19.6. The van der Waals surface area contributed by atoms with E-state index in [-0.39, 0.29) is 17.6 Å². The number of benzene rings is 3. The highest BCUT2D eigenvalue weighted by atomic mass is 16.5. The van der Waals surface area contributed by atoms with Crippen molar-refractivity contribution in [3.05, 3.63) is 65.7 Å². The minimum absolute atomic E-state index is 0.0343. The van der Waals surface area contributed by atoms with Gasteiger partial charge in [0.25, 0.3) is 11.8 Å². The number of carbonyl (C=O) groups excluding carboxylic acids is 2. The van der Waals surface area contributed by atoms with Crippen LogP contribution in [0.2, 0.25) is 0 Å². The number of aromatic hydroxyl groups is 1. The van der Waals surface area contributed by atoms with E-state index < -0.39 is 12.0 Å². The number of likely N-dealkylation sites (tertiary alicyclic amines) is 1. The Kier molecular flexibility index (Phi) is 5.97. The van der Waals surface area contributed by atoms with Crippen LogP contribution in [0.5, 0.6) is 11.5 Å². The molecule has 2 heterocycles. The maximum Gasteiger partial charge on any atom is 0.326 e. The van der Waals surface area contributed by atoms with Crippen molar-refractivity contribution < 1.29 is 29.3 Å². The van der Waals surface area contributed by atoms with Crippen LogP contribution in [0, 0.1) is 0 Å². The number of hydrogen-bond donors (Lipinski definition) is 4. The fourth-order valence-corrected chi connectivity index (χ4v) is 4.70. The summed E-state index contributed by atoms with van der Waals surface area (Å²) in [6, 6.07) is 14.4. The summed E-state index contributed by atoms with van der Waals surface area (Å²) in [5.41, 5.74) is 3.97. The number of anilines is 3. The third-order valence-corrected chi connectivity index (χ3v) is 6.61. The van der Waals surface area contributed by atoms with Crippen LogP contribution in [0.25, 0.3) is 11.1 Å². The largest absolute Gasteiger partial charge is 0.504 e. The monoisotopic (exact) mass is 487 g/mol. The van der Waals surface area contributed by atoms with Gasteiger partial charge in [0.1, 0.15) is 6.04 Å². The van der Waals surface area contributed by atoms with E-state index in [0.29, 0.717) is 46.9 Å². The molecule has 2 aliphatic heterocycles. The Bertz CT molecular complexity index is 1390. The topological polar surface area (TPSA) is 128 Å². The van der Waals surface area contributed by atoms with E-state index in [1.165, 1.54) is 12.0 Å². The second-order valence-electron chi connectivity index (χ2n) is 8.83. The number of phenols is 1. The molecule has 36 heavy (non-hydrogen) atoms. The Labute approximate surface area is 207 Å². The number of carboxylic acids is 1. The first-order chi connectivity index (χ1) is 17.4. The Morgan fingerprint density at radius 1 is 0.944 bits per heavy atom. The Morgan fingerprint density at radius 2 is 1.72 bits per heavy atom. The van der Waals surface area contributed by atoms with Gasteiger partial charge in [0.05, 0.1) is 29.7 Å². The van der Waals surface area contributed by atoms with Crippen LogP contribution in [0.1, 0.15) is 40.0 Å². The highest BCUT2D eigenvalue weighted by Crippen LogP contribution is 2.37. The molecule has 4 N–H and O–H groups in total. The molecule has 2 aliphatic rings. The predicted octanol–water partition coefficient (Wildman–Crippen LogP) is 4.46. The number of nitrogens with one attached hydrogen (secondary N) is 2. The molecule has 1 atom stereocenters. The van der Waals surface area contributed by atoms with Gasteiger partial charge in [0.2, 0.25) is 0 Å². The molecule has 0 spiro atoms. The quantitative estimate of drug-likeness (QED) is 0.428. The van der Waals surface area contributed by atoms with Crippen LogP contribution in [0.4, 0.5) is 17.1 Å². The van der Waals surface area contributed by atoms with E-state index in [1.54, 1.807) is 48.5 Å². The molecule has 2 amide bonds. The number of fused-ring (bicyclic) bond motifs is 2. The summed E-state index contributed by atoms with van der Waals surface area (Å²) in [6.07, 6.45) is 1.94. The fraction of sp³-hybridized carbons (Fsp3) is 0.222. The van der Waals surface area contributed by atoms with Crippen molar-refractivity contribution >= 4 is 34.8 Å². The van der Waals surface area contributed by atoms with Crippen molar-refractivity contribution in [2.45, 2.75) is 25.3 Å². The van der Waals surface area contributed by atoms with E-state index in [0.717, 1.165) is 24.0 Å². The Morgan fingerprint density at radius 3 is 2.50 bits per heavy atom. The number of piperidine rings is 1. The standard InChI is InChI=1S/C27H25N3O6/c1-36-24-14-16(7-10-23(24)31)15-5-8-18-20(12-15)28-19-9-6-17(13-21(19)29-25(18)32)26(33)30-11-3-2-4-22(30)27(34)35/h5-10,12-14,22,28,31H,2-4,11H2,1H3,(H,29,32)(H,34,35). The Balaban J connectivity index is 1.46. The van der Waals surface area contributed by atoms with Crippen molar-refractivity contribution in [1.29, 1.82) is 0 Å². The van der Waals surface area contributed by atoms with Gasteiger partial charge in [-0.1, -0.05) is 12.1 Å². The lowest BCUT2D eigenvalue weighted by Gasteiger charge is -2.33. The summed E-state index contributed by atoms with van der Waals surface area (Å²) in [4.78, 5) is 39.2. The maximum absolute atomic E-state index is 13.2. The third-order valence-electron chi connectivity index (χ3n) is 6.61. The summed E-state index contributed by atoms with van der Waals surface area (Å²) >= 11 is 0. The molecule has 0 aliphatic carbocycles. The summed E-state index contributed by atoms with van der Waals surface area (Å²) in [6.45, 7) is 0.383. The van der Waals surface area contributed by atoms with Crippen LogP contribution < -0.4 is 15.4 Å². The van der Waals surface area contributed by atoms with Crippen molar-refractivity contribution in [1.82, 2.24) is 4.90 Å². The number of rotatable bonds is 4. The van der Waals surface area contributed by atoms with Gasteiger partial charge in [0.15, 0.2) is 11.5 Å². The zero-order valence-electron chi connectivity index (χ0n) is 19.6. The number of phenolic OH excluding ortho intramolecular Hbond substituents is 1. The lowest BCUT2D eigenvalue weighted by atomic mass is 10.0. The number of ether oxygens (including phenoxy) is 1. The van der Waals surface area contributed by atoms with Crippen molar-refractivity contribution in [2.75, 3.05) is 24.3 Å². The van der Waals surface area contributed by atoms with Gasteiger partial charge in [0, 0.05) is 12.1 Å². The number of carboxylic acid groups (broad SMARTS) is 1. The molecular weight excluding hydrogens is 462 g/mol. The van der Waals surface area contributed by atoms with E-state index in [1.807, 2.05) is 6.07 Å². The number of nitrogens with zero attached hydrogens (tertiary/aromatic N) is 1. The van der Waals surface area contributed by atoms with Gasteiger partial charge < -0.3 is 30.5 Å². The highest BCUT2D eigenvalue weighted by Gasteiger charge is 2.33. The summed E-state index contributed by atoms with van der Waals surface area (Å²) in [7, 11) is 1.48. The lowest BCUT2D eigenvalue weighted by molar-refractivity contribution is -0.143. The third kappa shape index (κ3) is 4.19. The van der Waals surface area contributed by atoms with Gasteiger partial charge in [-0.05, 0) is 72.9 Å². The van der Waals surface area contributed by atoms with Crippen molar-refractivity contribution in [2.24, 2.45) is 0 Å². The van der Waals surface area contributed by atoms with Crippen LogP contribution in [-0.2, 0) is 4.79 Å². The summed E-state index contributed by atoms with van der Waals surface area (Å²) in [5, 5.41) is 25.6. The molecule has 184 valence electrons. The smallest absolute Gasteiger partial charge is 0.326 e. The number of carbonyl (C=O) groups is 3. The molecule has 0 saturated carbocycles. The molecular formula is C27H25N3O6. The molecule has 3 aromatic carbocycles. The van der Waals surface area contributed by atoms with Crippen molar-refractivity contribution in [3.63, 3.8) is 0 Å². The summed E-state index contributed by atoms with van der Waals surface area (Å²) in [5.74, 6) is -1.34. The average Bonchev–Trinajstić information content (AvgIpc) is 3.03. The van der Waals surface area contributed by atoms with Gasteiger partial charge in [-0.2, -0.15) is 0 Å². The number of aliphatic carboxylic acids is 1. The predicted molar refractivity (Wildman–Crippen MR) is 134 cm³/mol. The molecule has 0 radical (unpaired) electrons. The molecule has 9 heteroatoms. The first-order valence-electron chi connectivity index (χ1n) is 11.6. The molecule has 3 aromatic rings. The second kappa shape index (κ2) is 9.26. The van der Waals surface area contributed by atoms with E-state index in [2.05, 4.69) is 10.6 Å². The molecule has 9 nitrogen and oxygen atoms in total. The van der Waals surface area contributed by atoms with E-state index in [9.17, 15) is 24.6 Å². The SMILES string of the molecule is COc1cc(-c2ccc3c(c2)Nc2ccc(C(=O)N4CCCCC4C(=O)O)cc2NC3=O)ccc1O. The first kappa shape index (κ1) is 23.2. The highest BCUT2D eigenvalue weighted by molar-refractivity contribution is 6.13. The van der Waals surface area contributed by atoms with Gasteiger partial charge in [-0.15, -0.1) is 0 Å². The molecule has 0 aromatic heterocycles. The van der Waals surface area contributed by atoms with Crippen LogP contribution in [-0.4, -0.2) is 52.6 Å². The summed E-state index contributed by atoms with van der Waals surface area (Å²) < 4.78 is 5.20. The van der Waals surface area contributed by atoms with Crippen LogP contribution >= 0.6 is 0 Å². The number of amides is 2. The first-order valence-corrected chi connectivity index (χ1v) is 11.6.